The van der Waals surface area contributed by atoms with Crippen LogP contribution in [0.1, 0.15) is 5.56 Å². The Morgan fingerprint density at radius 2 is 2.13 bits per heavy atom. The first kappa shape index (κ1) is 10.9. The van der Waals surface area contributed by atoms with Gasteiger partial charge in [-0.15, -0.1) is 13.2 Å². The minimum atomic E-state index is -4.99. The number of ether oxygens (including phenoxy) is 1. The summed E-state index contributed by atoms with van der Waals surface area (Å²) >= 11 is 0. The largest absolute Gasteiger partial charge is 0.574 e. The van der Waals surface area contributed by atoms with Crippen molar-refractivity contribution in [2.75, 3.05) is 5.73 Å². The third-order valence-corrected chi connectivity index (χ3v) is 1.37. The molecule has 1 rings (SSSR count). The minimum Gasteiger partial charge on any atom is -0.502 e. The van der Waals surface area contributed by atoms with Crippen LogP contribution in [0.3, 0.4) is 0 Å². The zero-order chi connectivity index (χ0) is 11.6. The Hall–Kier alpha value is -2.17. The van der Waals surface area contributed by atoms with Gasteiger partial charge >= 0.3 is 6.36 Å². The summed E-state index contributed by atoms with van der Waals surface area (Å²) in [4.78, 5) is 3.10. The molecule has 5 nitrogen and oxygen atoms in total. The van der Waals surface area contributed by atoms with E-state index in [1.54, 1.807) is 0 Å². The van der Waals surface area contributed by atoms with E-state index in [0.29, 0.717) is 0 Å². The number of aromatic nitrogens is 1. The Labute approximate surface area is 81.5 Å². The molecule has 0 aliphatic heterocycles. The summed E-state index contributed by atoms with van der Waals surface area (Å²) in [5.41, 5.74) is 4.44. The first-order chi connectivity index (χ1) is 6.85. The Morgan fingerprint density at radius 1 is 1.53 bits per heavy atom. The summed E-state index contributed by atoms with van der Waals surface area (Å²) in [6.07, 6.45) is -4.20. The van der Waals surface area contributed by atoms with E-state index in [0.717, 1.165) is 6.20 Å². The van der Waals surface area contributed by atoms with Gasteiger partial charge in [-0.2, -0.15) is 5.26 Å². The van der Waals surface area contributed by atoms with Gasteiger partial charge in [-0.25, -0.2) is 4.98 Å². The predicted molar refractivity (Wildman–Crippen MR) is 41.7 cm³/mol. The van der Waals surface area contributed by atoms with Crippen LogP contribution in [-0.2, 0) is 0 Å². The van der Waals surface area contributed by atoms with Crippen LogP contribution in [0.25, 0.3) is 0 Å². The second-order valence-corrected chi connectivity index (χ2v) is 2.40. The molecule has 3 N–H and O–H groups in total. The molecule has 0 spiro atoms. The van der Waals surface area contributed by atoms with E-state index in [-0.39, 0.29) is 5.69 Å². The highest BCUT2D eigenvalue weighted by Crippen LogP contribution is 2.33. The lowest BCUT2D eigenvalue weighted by atomic mass is 10.2. The molecule has 0 fully saturated rings. The molecule has 0 saturated heterocycles. The van der Waals surface area contributed by atoms with Crippen LogP contribution in [-0.4, -0.2) is 16.5 Å². The van der Waals surface area contributed by atoms with Crippen LogP contribution in [0.2, 0.25) is 0 Å². The number of aromatic hydroxyl groups is 1. The standard InChI is InChI=1S/C7H4F3N3O2/c8-7(9,10)15-6-5(14)3(1-11)4(12)2-13-6/h2,14H,12H2. The van der Waals surface area contributed by atoms with Crippen molar-refractivity contribution in [2.45, 2.75) is 6.36 Å². The smallest absolute Gasteiger partial charge is 0.502 e. The number of nitrogen functional groups attached to an aromatic ring is 1. The summed E-state index contributed by atoms with van der Waals surface area (Å²) in [5, 5.41) is 17.6. The molecule has 0 bridgehead atoms. The molecule has 15 heavy (non-hydrogen) atoms. The molecule has 8 heteroatoms. The predicted octanol–water partition coefficient (Wildman–Crippen LogP) is 1.14. The summed E-state index contributed by atoms with van der Waals surface area (Å²) in [6, 6.07) is 1.43. The number of anilines is 1. The van der Waals surface area contributed by atoms with Crippen LogP contribution in [0, 0.1) is 11.3 Å². The van der Waals surface area contributed by atoms with Crippen LogP contribution in [0.5, 0.6) is 11.6 Å². The molecule has 0 saturated carbocycles. The third kappa shape index (κ3) is 2.40. The van der Waals surface area contributed by atoms with E-state index in [1.807, 2.05) is 0 Å². The van der Waals surface area contributed by atoms with Gasteiger partial charge in [-0.05, 0) is 0 Å². The van der Waals surface area contributed by atoms with Gasteiger partial charge in [0.1, 0.15) is 11.6 Å². The highest BCUT2D eigenvalue weighted by atomic mass is 19.4. The Bertz CT molecular complexity index is 425. The van der Waals surface area contributed by atoms with Gasteiger partial charge in [-0.3, -0.25) is 0 Å². The number of rotatable bonds is 1. The topological polar surface area (TPSA) is 92.2 Å². The lowest BCUT2D eigenvalue weighted by molar-refractivity contribution is -0.276. The van der Waals surface area contributed by atoms with E-state index in [2.05, 4.69) is 9.72 Å². The second kappa shape index (κ2) is 3.53. The van der Waals surface area contributed by atoms with Crippen molar-refractivity contribution in [2.24, 2.45) is 0 Å². The van der Waals surface area contributed by atoms with E-state index in [1.165, 1.54) is 6.07 Å². The maximum absolute atomic E-state index is 11.8. The van der Waals surface area contributed by atoms with Gasteiger partial charge in [-0.1, -0.05) is 0 Å². The van der Waals surface area contributed by atoms with E-state index < -0.39 is 23.6 Å². The fourth-order valence-electron chi connectivity index (χ4n) is 0.799. The maximum Gasteiger partial charge on any atom is 0.574 e. The number of halogens is 3. The van der Waals surface area contributed by atoms with Crippen molar-refractivity contribution in [3.8, 4) is 17.7 Å². The van der Waals surface area contributed by atoms with Crippen molar-refractivity contribution < 1.29 is 23.0 Å². The van der Waals surface area contributed by atoms with Crippen LogP contribution < -0.4 is 10.5 Å². The average molecular weight is 219 g/mol. The Balaban J connectivity index is 3.18. The summed E-state index contributed by atoms with van der Waals surface area (Å²) in [5.74, 6) is -2.14. The normalized spacial score (nSPS) is 10.8. The first-order valence-corrected chi connectivity index (χ1v) is 3.48. The monoisotopic (exact) mass is 219 g/mol. The molecule has 0 atom stereocenters. The molecular formula is C7H4F3N3O2. The molecule has 0 aliphatic carbocycles. The number of hydrogen-bond donors (Lipinski definition) is 2. The summed E-state index contributed by atoms with van der Waals surface area (Å²) in [6.45, 7) is 0. The summed E-state index contributed by atoms with van der Waals surface area (Å²) in [7, 11) is 0. The van der Waals surface area contributed by atoms with Gasteiger partial charge in [0.2, 0.25) is 0 Å². The van der Waals surface area contributed by atoms with E-state index >= 15 is 0 Å². The van der Waals surface area contributed by atoms with E-state index in [4.69, 9.17) is 16.1 Å². The van der Waals surface area contributed by atoms with Crippen molar-refractivity contribution >= 4 is 5.69 Å². The number of pyridine rings is 1. The average Bonchev–Trinajstić information content (AvgIpc) is 2.09. The molecule has 0 amide bonds. The maximum atomic E-state index is 11.8. The zero-order valence-electron chi connectivity index (χ0n) is 7.04. The number of nitrogens with zero attached hydrogens (tertiary/aromatic N) is 2. The van der Waals surface area contributed by atoms with Gasteiger partial charge in [0.15, 0.2) is 5.75 Å². The molecule has 1 aromatic heterocycles. The minimum absolute atomic E-state index is 0.232. The van der Waals surface area contributed by atoms with Crippen LogP contribution >= 0.6 is 0 Å². The molecule has 0 aromatic carbocycles. The lowest BCUT2D eigenvalue weighted by Gasteiger charge is -2.10. The number of alkyl halides is 3. The Morgan fingerprint density at radius 3 is 2.60 bits per heavy atom. The second-order valence-electron chi connectivity index (χ2n) is 2.40. The van der Waals surface area contributed by atoms with Crippen LogP contribution in [0.15, 0.2) is 6.20 Å². The van der Waals surface area contributed by atoms with Gasteiger partial charge in [0.05, 0.1) is 11.9 Å². The molecule has 1 heterocycles. The van der Waals surface area contributed by atoms with Crippen molar-refractivity contribution in [3.63, 3.8) is 0 Å². The quantitative estimate of drug-likeness (QED) is 0.738. The highest BCUT2D eigenvalue weighted by molar-refractivity contribution is 5.62. The summed E-state index contributed by atoms with van der Waals surface area (Å²) < 4.78 is 38.7. The first-order valence-electron chi connectivity index (χ1n) is 3.48. The Kier molecular flexibility index (Phi) is 2.57. The van der Waals surface area contributed by atoms with Crippen molar-refractivity contribution in [3.05, 3.63) is 11.8 Å². The van der Waals surface area contributed by atoms with Gasteiger partial charge in [0, 0.05) is 0 Å². The van der Waals surface area contributed by atoms with Gasteiger partial charge < -0.3 is 15.6 Å². The number of hydrogen-bond acceptors (Lipinski definition) is 5. The molecule has 0 radical (unpaired) electrons. The van der Waals surface area contributed by atoms with Crippen molar-refractivity contribution in [1.82, 2.24) is 4.98 Å². The molecule has 0 unspecified atom stereocenters. The molecule has 1 aromatic rings. The number of nitriles is 1. The molecular weight excluding hydrogens is 215 g/mol. The fraction of sp³-hybridized carbons (Fsp3) is 0.143. The molecule has 80 valence electrons. The highest BCUT2D eigenvalue weighted by Gasteiger charge is 2.33. The number of nitrogens with two attached hydrogens (primary N) is 1. The third-order valence-electron chi connectivity index (χ3n) is 1.37. The zero-order valence-corrected chi connectivity index (χ0v) is 7.04. The molecule has 0 aliphatic rings. The fourth-order valence-corrected chi connectivity index (χ4v) is 0.799. The lowest BCUT2D eigenvalue weighted by Crippen LogP contribution is -2.18. The SMILES string of the molecule is N#Cc1c(N)cnc(OC(F)(F)F)c1O. The van der Waals surface area contributed by atoms with E-state index in [9.17, 15) is 13.2 Å². The van der Waals surface area contributed by atoms with Crippen molar-refractivity contribution in [1.29, 1.82) is 5.26 Å². The van der Waals surface area contributed by atoms with Crippen LogP contribution in [0.4, 0.5) is 18.9 Å². The van der Waals surface area contributed by atoms with Gasteiger partial charge in [0.25, 0.3) is 5.88 Å².